The number of aliphatic imine (C=N–C) groups is 2. The fourth-order valence-electron chi connectivity index (χ4n) is 4.36. The van der Waals surface area contributed by atoms with Gasteiger partial charge in [-0.1, -0.05) is 87.2 Å². The van der Waals surface area contributed by atoms with Crippen molar-refractivity contribution >= 4 is 34.7 Å². The minimum Gasteiger partial charge on any atom is -0.869 e. The molecule has 0 fully saturated rings. The molecule has 48 heavy (non-hydrogen) atoms. The van der Waals surface area contributed by atoms with E-state index in [9.17, 15) is 19.8 Å². The van der Waals surface area contributed by atoms with E-state index in [4.69, 9.17) is 30.4 Å². The summed E-state index contributed by atoms with van der Waals surface area (Å²) in [5.41, 5.74) is 4.26. The Morgan fingerprint density at radius 2 is 1.04 bits per heavy atom. The van der Waals surface area contributed by atoms with Crippen LogP contribution in [0.25, 0.3) is 0 Å². The number of rotatable bonds is 10. The van der Waals surface area contributed by atoms with E-state index in [1.54, 1.807) is 13.8 Å². The van der Waals surface area contributed by atoms with Crippen LogP contribution in [0.15, 0.2) is 94.9 Å². The number of benzene rings is 4. The maximum Gasteiger partial charge on any atom is 2.00 e. The molecule has 0 atom stereocenters. The van der Waals surface area contributed by atoms with Crippen molar-refractivity contribution in [2.45, 2.75) is 59.8 Å². The number of nitrogens with zero attached hydrogens (tertiary/aromatic N) is 2. The van der Waals surface area contributed by atoms with Crippen LogP contribution in [0.5, 0.6) is 23.0 Å². The van der Waals surface area contributed by atoms with Gasteiger partial charge in [-0.25, -0.2) is 9.59 Å². The topological polar surface area (TPSA) is 186 Å². The van der Waals surface area contributed by atoms with Crippen LogP contribution in [0, 0.1) is 0 Å². The van der Waals surface area contributed by atoms with Crippen molar-refractivity contribution in [3.05, 3.63) is 107 Å². The Hall–Kier alpha value is -5.15. The number of unbranched alkanes of at least 4 members (excludes halogenated alkanes) is 1. The number of carboxylic acids is 2. The van der Waals surface area contributed by atoms with Gasteiger partial charge in [0.15, 0.2) is 0 Å². The normalized spacial score (nSPS) is 10.8. The molecule has 0 saturated heterocycles. The summed E-state index contributed by atoms with van der Waals surface area (Å²) in [5, 5.41) is 57.7. The molecule has 0 aliphatic heterocycles. The first-order valence-electron chi connectivity index (χ1n) is 15.2. The average Bonchev–Trinajstić information content (AvgIpc) is 3.06. The molecule has 0 amide bonds. The molecule has 0 aromatic heterocycles. The Morgan fingerprint density at radius 3 is 1.40 bits per heavy atom. The van der Waals surface area contributed by atoms with Crippen LogP contribution in [0.4, 0.5) is 11.4 Å². The molecule has 4 aromatic rings. The molecule has 0 spiro atoms. The first-order valence-corrected chi connectivity index (χ1v) is 15.2. The summed E-state index contributed by atoms with van der Waals surface area (Å²) < 4.78 is 0. The largest absolute Gasteiger partial charge is 2.00 e. The fraction of sp³-hybridized carbons (Fsp3) is 0.243. The van der Waals surface area contributed by atoms with E-state index < -0.39 is 34.9 Å². The number of aromatic hydroxyl groups is 2. The molecular formula is C37H40N2NiO8. The molecule has 0 radical (unpaired) electrons. The fourth-order valence-corrected chi connectivity index (χ4v) is 4.36. The van der Waals surface area contributed by atoms with Crippen LogP contribution < -0.4 is 10.2 Å². The number of para-hydroxylation sites is 2. The summed E-state index contributed by atoms with van der Waals surface area (Å²) in [6.45, 7) is 7.74. The van der Waals surface area contributed by atoms with Crippen molar-refractivity contribution in [2.24, 2.45) is 9.98 Å². The monoisotopic (exact) mass is 698 g/mol. The van der Waals surface area contributed by atoms with Crippen LogP contribution >= 0.6 is 0 Å². The van der Waals surface area contributed by atoms with Gasteiger partial charge < -0.3 is 30.6 Å². The van der Waals surface area contributed by atoms with E-state index in [1.165, 1.54) is 24.3 Å². The second-order valence-corrected chi connectivity index (χ2v) is 10.2. The molecule has 0 heterocycles. The Morgan fingerprint density at radius 1 is 0.646 bits per heavy atom. The zero-order chi connectivity index (χ0) is 34.9. The minimum atomic E-state index is -1.29. The predicted octanol–water partition coefficient (Wildman–Crippen LogP) is 7.19. The molecule has 0 aliphatic rings. The van der Waals surface area contributed by atoms with Crippen LogP contribution in [0.1, 0.15) is 78.8 Å². The van der Waals surface area contributed by atoms with Gasteiger partial charge in [0.25, 0.3) is 0 Å². The first kappa shape index (κ1) is 40.9. The molecular weight excluding hydrogens is 659 g/mol. The van der Waals surface area contributed by atoms with E-state index in [1.807, 2.05) is 67.6 Å². The number of hydrogen-bond acceptors (Lipinski definition) is 8. The van der Waals surface area contributed by atoms with E-state index in [-0.39, 0.29) is 27.6 Å². The van der Waals surface area contributed by atoms with Crippen molar-refractivity contribution < 1.29 is 56.7 Å². The van der Waals surface area contributed by atoms with Gasteiger partial charge in [-0.15, -0.1) is 0 Å². The quantitative estimate of drug-likeness (QED) is 0.0989. The third-order valence-corrected chi connectivity index (χ3v) is 6.89. The van der Waals surface area contributed by atoms with Gasteiger partial charge in [0.1, 0.15) is 11.5 Å². The number of hydrogen-bond donors (Lipinski definition) is 4. The molecule has 0 aliphatic carbocycles. The van der Waals surface area contributed by atoms with Crippen LogP contribution in [-0.4, -0.2) is 43.8 Å². The molecule has 4 aromatic carbocycles. The van der Waals surface area contributed by atoms with E-state index in [2.05, 4.69) is 6.92 Å². The van der Waals surface area contributed by atoms with Crippen molar-refractivity contribution in [3.8, 4) is 23.0 Å². The zero-order valence-electron chi connectivity index (χ0n) is 27.3. The van der Waals surface area contributed by atoms with Crippen molar-refractivity contribution in [3.63, 3.8) is 0 Å². The number of carbonyl (C=O) groups is 2. The standard InChI is InChI=1S/C19H22N2.2C9H10O4.Ni/c1-3-4-15-19(21-18-13-9-6-10-14-18)16(2)20-17-11-7-5-8-12-17;2*1-2-5-3-4-6(10)8(11)7(5)9(12)13;/h5-14H,3-4,15H2,1-2H3;2*3-4,10-11H,2H2,1H3,(H,12,13);/q;;;+2/p-2. The van der Waals surface area contributed by atoms with Gasteiger partial charge in [-0.3, -0.25) is 9.98 Å². The average molecular weight is 699 g/mol. The maximum atomic E-state index is 11.2. The van der Waals surface area contributed by atoms with Gasteiger partial charge >= 0.3 is 28.4 Å². The van der Waals surface area contributed by atoms with Crippen LogP contribution in [-0.2, 0) is 29.3 Å². The molecule has 10 nitrogen and oxygen atoms in total. The Kier molecular flexibility index (Phi) is 17.8. The molecule has 11 heteroatoms. The Balaban J connectivity index is 0.000000374. The summed E-state index contributed by atoms with van der Waals surface area (Å²) in [7, 11) is 0. The minimum absolute atomic E-state index is 0. The molecule has 0 unspecified atom stereocenters. The summed E-state index contributed by atoms with van der Waals surface area (Å²) in [6, 6.07) is 25.5. The number of phenolic OH excluding ortho intramolecular Hbond substituents is 2. The molecule has 4 N–H and O–H groups in total. The summed E-state index contributed by atoms with van der Waals surface area (Å²) >= 11 is 0. The molecule has 0 bridgehead atoms. The van der Waals surface area contributed by atoms with Gasteiger partial charge in [0.2, 0.25) is 0 Å². The summed E-state index contributed by atoms with van der Waals surface area (Å²) in [4.78, 5) is 30.8. The third-order valence-electron chi connectivity index (χ3n) is 6.89. The SMILES string of the molecule is CCCCC(=Nc1ccccc1)C(C)=Nc1ccccc1.CCc1ccc(O)c([O-])c1C(=O)O.CCc1ccc(O)c([O-])c1C(=O)O.[Ni+2]. The molecule has 4 rings (SSSR count). The summed E-state index contributed by atoms with van der Waals surface area (Å²) in [5.74, 6) is -5.25. The van der Waals surface area contributed by atoms with Crippen LogP contribution in [0.2, 0.25) is 0 Å². The zero-order valence-corrected chi connectivity index (χ0v) is 28.2. The Bertz CT molecular complexity index is 1620. The van der Waals surface area contributed by atoms with Gasteiger partial charge in [0, 0.05) is 0 Å². The number of phenols is 2. The van der Waals surface area contributed by atoms with Crippen LogP contribution in [0.3, 0.4) is 0 Å². The summed E-state index contributed by atoms with van der Waals surface area (Å²) in [6.07, 6.45) is 4.17. The van der Waals surface area contributed by atoms with Crippen molar-refractivity contribution in [1.29, 1.82) is 0 Å². The molecule has 0 saturated carbocycles. The van der Waals surface area contributed by atoms with Gasteiger partial charge in [-0.2, -0.15) is 0 Å². The Labute approximate surface area is 290 Å². The second-order valence-electron chi connectivity index (χ2n) is 10.2. The molecule has 256 valence electrons. The third kappa shape index (κ3) is 12.2. The predicted molar refractivity (Wildman–Crippen MR) is 180 cm³/mol. The number of carboxylic acid groups (broad SMARTS) is 2. The maximum absolute atomic E-state index is 11.2. The number of aromatic carboxylic acids is 2. The second kappa shape index (κ2) is 20.9. The van der Waals surface area contributed by atoms with Gasteiger partial charge in [-0.05, 0) is 80.1 Å². The van der Waals surface area contributed by atoms with E-state index >= 15 is 0 Å². The smallest absolute Gasteiger partial charge is 0.869 e. The van der Waals surface area contributed by atoms with E-state index in [0.29, 0.717) is 24.0 Å². The first-order chi connectivity index (χ1) is 22.4. The van der Waals surface area contributed by atoms with Gasteiger partial charge in [0.05, 0.1) is 33.9 Å². The van der Waals surface area contributed by atoms with Crippen molar-refractivity contribution in [2.75, 3.05) is 0 Å². The number of aryl methyl sites for hydroxylation is 2. The van der Waals surface area contributed by atoms with E-state index in [0.717, 1.165) is 42.1 Å². The van der Waals surface area contributed by atoms with Crippen molar-refractivity contribution in [1.82, 2.24) is 0 Å².